The highest BCUT2D eigenvalue weighted by Gasteiger charge is 2.22. The Balaban J connectivity index is 2.16. The standard InChI is InChI=1S/C22H24FN3O3/c1-13-6-7-14(23)10-18(13)26-20(12-19(25-26)22(2,3)4)24-17-9-8-15(29-5)11-16(17)21(27)28/h6-12,24H,1-5H3,(H,27,28). The third-order valence-corrected chi connectivity index (χ3v) is 4.60. The molecule has 0 aliphatic heterocycles. The minimum atomic E-state index is -1.09. The Kier molecular flexibility index (Phi) is 5.33. The first-order valence-electron chi connectivity index (χ1n) is 9.15. The highest BCUT2D eigenvalue weighted by molar-refractivity contribution is 5.95. The quantitative estimate of drug-likeness (QED) is 0.629. The number of rotatable bonds is 5. The van der Waals surface area contributed by atoms with Gasteiger partial charge in [0, 0.05) is 11.5 Å². The van der Waals surface area contributed by atoms with Crippen molar-refractivity contribution in [3.8, 4) is 11.4 Å². The number of methoxy groups -OCH3 is 1. The van der Waals surface area contributed by atoms with Crippen LogP contribution in [0.5, 0.6) is 5.75 Å². The Morgan fingerprint density at radius 1 is 1.17 bits per heavy atom. The minimum absolute atomic E-state index is 0.0605. The summed E-state index contributed by atoms with van der Waals surface area (Å²) in [6.07, 6.45) is 0. The van der Waals surface area contributed by atoms with E-state index in [9.17, 15) is 14.3 Å². The molecule has 0 fully saturated rings. The molecule has 0 saturated carbocycles. The van der Waals surface area contributed by atoms with E-state index in [4.69, 9.17) is 4.74 Å². The van der Waals surface area contributed by atoms with Crippen LogP contribution in [-0.2, 0) is 5.41 Å². The fraction of sp³-hybridized carbons (Fsp3) is 0.273. The minimum Gasteiger partial charge on any atom is -0.497 e. The SMILES string of the molecule is COc1ccc(Nc2cc(C(C)(C)C)nn2-c2cc(F)ccc2C)c(C(=O)O)c1. The van der Waals surface area contributed by atoms with Crippen LogP contribution in [0.25, 0.3) is 5.69 Å². The van der Waals surface area contributed by atoms with Gasteiger partial charge in [-0.15, -0.1) is 0 Å². The number of benzene rings is 2. The van der Waals surface area contributed by atoms with Crippen molar-refractivity contribution >= 4 is 17.5 Å². The number of aryl methyl sites for hydroxylation is 1. The molecule has 2 aromatic carbocycles. The Bertz CT molecular complexity index is 1070. The molecule has 0 spiro atoms. The summed E-state index contributed by atoms with van der Waals surface area (Å²) < 4.78 is 20.7. The van der Waals surface area contributed by atoms with Gasteiger partial charge in [-0.1, -0.05) is 26.8 Å². The molecule has 0 atom stereocenters. The zero-order valence-corrected chi connectivity index (χ0v) is 17.1. The van der Waals surface area contributed by atoms with Crippen molar-refractivity contribution in [3.05, 3.63) is 65.1 Å². The van der Waals surface area contributed by atoms with Gasteiger partial charge in [-0.25, -0.2) is 13.9 Å². The van der Waals surface area contributed by atoms with E-state index < -0.39 is 5.97 Å². The van der Waals surface area contributed by atoms with E-state index in [0.717, 1.165) is 11.3 Å². The number of hydrogen-bond donors (Lipinski definition) is 2. The molecule has 0 saturated heterocycles. The maximum absolute atomic E-state index is 13.9. The number of aromatic carboxylic acids is 1. The molecule has 0 unspecified atom stereocenters. The van der Waals surface area contributed by atoms with Crippen LogP contribution in [0.1, 0.15) is 42.4 Å². The van der Waals surface area contributed by atoms with Crippen LogP contribution in [0.15, 0.2) is 42.5 Å². The monoisotopic (exact) mass is 397 g/mol. The molecule has 0 amide bonds. The lowest BCUT2D eigenvalue weighted by Gasteiger charge is -2.15. The van der Waals surface area contributed by atoms with Gasteiger partial charge in [-0.2, -0.15) is 5.10 Å². The third kappa shape index (κ3) is 4.23. The fourth-order valence-electron chi connectivity index (χ4n) is 2.91. The molecule has 152 valence electrons. The van der Waals surface area contributed by atoms with E-state index in [2.05, 4.69) is 10.4 Å². The second-order valence-corrected chi connectivity index (χ2v) is 7.85. The van der Waals surface area contributed by atoms with Crippen LogP contribution in [0.3, 0.4) is 0 Å². The number of carboxylic acids is 1. The zero-order chi connectivity index (χ0) is 21.3. The van der Waals surface area contributed by atoms with Gasteiger partial charge in [0.15, 0.2) is 0 Å². The van der Waals surface area contributed by atoms with Gasteiger partial charge in [-0.05, 0) is 42.8 Å². The molecule has 1 heterocycles. The summed E-state index contributed by atoms with van der Waals surface area (Å²) in [5.41, 5.74) is 2.39. The highest BCUT2D eigenvalue weighted by atomic mass is 19.1. The molecule has 0 aliphatic rings. The molecule has 1 aromatic heterocycles. The highest BCUT2D eigenvalue weighted by Crippen LogP contribution is 2.31. The predicted molar refractivity (Wildman–Crippen MR) is 110 cm³/mol. The molecule has 29 heavy (non-hydrogen) atoms. The second-order valence-electron chi connectivity index (χ2n) is 7.85. The van der Waals surface area contributed by atoms with Crippen molar-refractivity contribution in [1.29, 1.82) is 0 Å². The third-order valence-electron chi connectivity index (χ3n) is 4.60. The molecule has 3 rings (SSSR count). The maximum atomic E-state index is 13.9. The lowest BCUT2D eigenvalue weighted by atomic mass is 9.92. The van der Waals surface area contributed by atoms with E-state index in [0.29, 0.717) is 22.9 Å². The largest absolute Gasteiger partial charge is 0.497 e. The van der Waals surface area contributed by atoms with E-state index >= 15 is 0 Å². The van der Waals surface area contributed by atoms with E-state index in [-0.39, 0.29) is 16.8 Å². The van der Waals surface area contributed by atoms with E-state index in [1.54, 1.807) is 22.9 Å². The van der Waals surface area contributed by atoms with Gasteiger partial charge < -0.3 is 15.2 Å². The van der Waals surface area contributed by atoms with Gasteiger partial charge >= 0.3 is 5.97 Å². The van der Waals surface area contributed by atoms with Crippen molar-refractivity contribution in [2.75, 3.05) is 12.4 Å². The summed E-state index contributed by atoms with van der Waals surface area (Å²) in [6, 6.07) is 11.1. The molecule has 0 bridgehead atoms. The van der Waals surface area contributed by atoms with Crippen LogP contribution >= 0.6 is 0 Å². The van der Waals surface area contributed by atoms with Crippen molar-refractivity contribution in [3.63, 3.8) is 0 Å². The maximum Gasteiger partial charge on any atom is 0.337 e. The Hall–Kier alpha value is -3.35. The van der Waals surface area contributed by atoms with Crippen LogP contribution < -0.4 is 10.1 Å². The summed E-state index contributed by atoms with van der Waals surface area (Å²) in [4.78, 5) is 11.7. The number of aromatic nitrogens is 2. The van der Waals surface area contributed by atoms with Gasteiger partial charge in [0.05, 0.1) is 29.7 Å². The first-order valence-corrected chi connectivity index (χ1v) is 9.15. The Morgan fingerprint density at radius 2 is 1.90 bits per heavy atom. The smallest absolute Gasteiger partial charge is 0.337 e. The fourth-order valence-corrected chi connectivity index (χ4v) is 2.91. The molecule has 2 N–H and O–H groups in total. The number of nitrogens with one attached hydrogen (secondary N) is 1. The number of carbonyl (C=O) groups is 1. The zero-order valence-electron chi connectivity index (χ0n) is 17.1. The number of anilines is 2. The lowest BCUT2D eigenvalue weighted by molar-refractivity contribution is 0.0697. The molecule has 0 radical (unpaired) electrons. The van der Waals surface area contributed by atoms with Gasteiger partial charge in [0.25, 0.3) is 0 Å². The van der Waals surface area contributed by atoms with E-state index in [1.165, 1.54) is 25.3 Å². The summed E-state index contributed by atoms with van der Waals surface area (Å²) in [5.74, 6) is -0.482. The van der Waals surface area contributed by atoms with Crippen LogP contribution in [-0.4, -0.2) is 28.0 Å². The average Bonchev–Trinajstić information content (AvgIpc) is 3.08. The Morgan fingerprint density at radius 3 is 2.52 bits per heavy atom. The number of hydrogen-bond acceptors (Lipinski definition) is 4. The van der Waals surface area contributed by atoms with Crippen molar-refractivity contribution in [1.82, 2.24) is 9.78 Å². The lowest BCUT2D eigenvalue weighted by Crippen LogP contribution is -2.13. The van der Waals surface area contributed by atoms with Crippen LogP contribution in [0, 0.1) is 12.7 Å². The summed E-state index contributed by atoms with van der Waals surface area (Å²) in [6.45, 7) is 7.95. The summed E-state index contributed by atoms with van der Waals surface area (Å²) in [7, 11) is 1.48. The average molecular weight is 397 g/mol. The molecule has 6 nitrogen and oxygen atoms in total. The number of halogens is 1. The van der Waals surface area contributed by atoms with Crippen LogP contribution in [0.4, 0.5) is 15.9 Å². The molecule has 0 aliphatic carbocycles. The second kappa shape index (κ2) is 7.58. The van der Waals surface area contributed by atoms with E-state index in [1.807, 2.05) is 33.8 Å². The normalized spacial score (nSPS) is 11.4. The molecule has 3 aromatic rings. The van der Waals surface area contributed by atoms with Gasteiger partial charge in [-0.3, -0.25) is 0 Å². The molecular weight excluding hydrogens is 373 g/mol. The number of nitrogens with zero attached hydrogens (tertiary/aromatic N) is 2. The first kappa shape index (κ1) is 20.4. The van der Waals surface area contributed by atoms with Gasteiger partial charge in [0.1, 0.15) is 17.4 Å². The van der Waals surface area contributed by atoms with Crippen molar-refractivity contribution < 1.29 is 19.0 Å². The summed E-state index contributed by atoms with van der Waals surface area (Å²) >= 11 is 0. The Labute approximate surface area is 168 Å². The predicted octanol–water partition coefficient (Wildman–Crippen LogP) is 5.07. The van der Waals surface area contributed by atoms with Crippen LogP contribution in [0.2, 0.25) is 0 Å². The van der Waals surface area contributed by atoms with Gasteiger partial charge in [0.2, 0.25) is 0 Å². The molecule has 7 heteroatoms. The number of carboxylic acid groups (broad SMARTS) is 1. The summed E-state index contributed by atoms with van der Waals surface area (Å²) in [5, 5.41) is 17.4. The van der Waals surface area contributed by atoms with Crippen molar-refractivity contribution in [2.24, 2.45) is 0 Å². The first-order chi connectivity index (χ1) is 13.6. The number of ether oxygens (including phenoxy) is 1. The topological polar surface area (TPSA) is 76.4 Å². The van der Waals surface area contributed by atoms with Crippen molar-refractivity contribution in [2.45, 2.75) is 33.1 Å². The molecular formula is C22H24FN3O3.